The second kappa shape index (κ2) is 6.21. The fourth-order valence-corrected chi connectivity index (χ4v) is 4.62. The van der Waals surface area contributed by atoms with Crippen LogP contribution < -0.4 is 0 Å². The van der Waals surface area contributed by atoms with Gasteiger partial charge in [0.1, 0.15) is 16.9 Å². The maximum absolute atomic E-state index is 6.37. The van der Waals surface area contributed by atoms with Crippen LogP contribution in [0.2, 0.25) is 0 Å². The van der Waals surface area contributed by atoms with Gasteiger partial charge in [0, 0.05) is 34.0 Å². The summed E-state index contributed by atoms with van der Waals surface area (Å²) in [7, 11) is 0. The molecular formula is C28H23NO2. The molecule has 6 rings (SSSR count). The Morgan fingerprint density at radius 1 is 0.806 bits per heavy atom. The predicted octanol–water partition coefficient (Wildman–Crippen LogP) is 8.15. The molecule has 3 nitrogen and oxygen atoms in total. The Morgan fingerprint density at radius 2 is 1.65 bits per heavy atom. The molecule has 0 saturated carbocycles. The Morgan fingerprint density at radius 3 is 2.48 bits per heavy atom. The van der Waals surface area contributed by atoms with Crippen LogP contribution in [0, 0.1) is 6.92 Å². The fraction of sp³-hybridized carbons (Fsp3) is 0.179. The number of rotatable bonds is 1. The lowest BCUT2D eigenvalue weighted by molar-refractivity contribution is 0.596. The van der Waals surface area contributed by atoms with Gasteiger partial charge >= 0.3 is 0 Å². The van der Waals surface area contributed by atoms with Crippen molar-refractivity contribution in [2.24, 2.45) is 0 Å². The molecule has 0 radical (unpaired) electrons. The van der Waals surface area contributed by atoms with Crippen LogP contribution in [-0.4, -0.2) is 4.98 Å². The van der Waals surface area contributed by atoms with Crippen LogP contribution in [-0.2, 0) is 5.41 Å². The Balaban J connectivity index is 1.68. The average molecular weight is 405 g/mol. The van der Waals surface area contributed by atoms with Crippen molar-refractivity contribution in [3.05, 3.63) is 78.2 Å². The minimum absolute atomic E-state index is 0.0133. The van der Waals surface area contributed by atoms with Gasteiger partial charge in [-0.2, -0.15) is 0 Å². The van der Waals surface area contributed by atoms with E-state index < -0.39 is 0 Å². The van der Waals surface area contributed by atoms with Crippen molar-refractivity contribution < 1.29 is 8.83 Å². The molecule has 0 bridgehead atoms. The Bertz CT molecular complexity index is 1630. The number of aryl methyl sites for hydroxylation is 1. The van der Waals surface area contributed by atoms with Gasteiger partial charge in [-0.1, -0.05) is 45.0 Å². The van der Waals surface area contributed by atoms with Gasteiger partial charge < -0.3 is 8.83 Å². The molecule has 0 spiro atoms. The van der Waals surface area contributed by atoms with Crippen molar-refractivity contribution in [2.75, 3.05) is 0 Å². The molecule has 3 heterocycles. The summed E-state index contributed by atoms with van der Waals surface area (Å²) in [6.45, 7) is 8.83. The lowest BCUT2D eigenvalue weighted by atomic mass is 9.82. The first-order valence-corrected chi connectivity index (χ1v) is 10.6. The van der Waals surface area contributed by atoms with Gasteiger partial charge in [-0.25, -0.2) is 0 Å². The molecular weight excluding hydrogens is 382 g/mol. The van der Waals surface area contributed by atoms with E-state index in [1.165, 1.54) is 16.3 Å². The Kier molecular flexibility index (Phi) is 3.64. The molecule has 31 heavy (non-hydrogen) atoms. The van der Waals surface area contributed by atoms with E-state index in [1.807, 2.05) is 18.3 Å². The van der Waals surface area contributed by atoms with Crippen molar-refractivity contribution in [3.63, 3.8) is 0 Å². The van der Waals surface area contributed by atoms with E-state index in [-0.39, 0.29) is 5.41 Å². The summed E-state index contributed by atoms with van der Waals surface area (Å²) >= 11 is 0. The molecule has 0 N–H and O–H groups in total. The number of hydrogen-bond donors (Lipinski definition) is 0. The highest BCUT2D eigenvalue weighted by Gasteiger charge is 2.21. The zero-order valence-corrected chi connectivity index (χ0v) is 18.1. The fourth-order valence-electron chi connectivity index (χ4n) is 4.62. The lowest BCUT2D eigenvalue weighted by Crippen LogP contribution is -2.12. The van der Waals surface area contributed by atoms with E-state index in [1.54, 1.807) is 6.26 Å². The highest BCUT2D eigenvalue weighted by atomic mass is 16.3. The van der Waals surface area contributed by atoms with Gasteiger partial charge in [0.15, 0.2) is 5.58 Å². The van der Waals surface area contributed by atoms with E-state index in [4.69, 9.17) is 13.8 Å². The lowest BCUT2D eigenvalue weighted by Gasteiger charge is -2.22. The number of fused-ring (bicyclic) bond motifs is 5. The van der Waals surface area contributed by atoms with Gasteiger partial charge in [-0.15, -0.1) is 0 Å². The highest BCUT2D eigenvalue weighted by Crippen LogP contribution is 2.40. The molecule has 0 aliphatic rings. The third-order valence-corrected chi connectivity index (χ3v) is 6.22. The minimum Gasteiger partial charge on any atom is -0.464 e. The molecule has 152 valence electrons. The van der Waals surface area contributed by atoms with Crippen LogP contribution >= 0.6 is 0 Å². The van der Waals surface area contributed by atoms with E-state index in [2.05, 4.69) is 70.2 Å². The number of nitrogens with zero attached hydrogens (tertiary/aromatic N) is 1. The van der Waals surface area contributed by atoms with Crippen molar-refractivity contribution in [1.82, 2.24) is 4.98 Å². The molecule has 0 amide bonds. The summed E-state index contributed by atoms with van der Waals surface area (Å²) in [6.07, 6.45) is 3.67. The third kappa shape index (κ3) is 2.70. The summed E-state index contributed by atoms with van der Waals surface area (Å²) in [4.78, 5) is 4.76. The van der Waals surface area contributed by atoms with Gasteiger partial charge in [0.05, 0.1) is 6.26 Å². The summed E-state index contributed by atoms with van der Waals surface area (Å²) in [5.74, 6) is 0. The van der Waals surface area contributed by atoms with Gasteiger partial charge in [-0.3, -0.25) is 4.98 Å². The normalized spacial score (nSPS) is 12.5. The first-order valence-electron chi connectivity index (χ1n) is 10.6. The van der Waals surface area contributed by atoms with Gasteiger partial charge in [0.2, 0.25) is 0 Å². The molecule has 0 saturated heterocycles. The monoisotopic (exact) mass is 405 g/mol. The van der Waals surface area contributed by atoms with Crippen molar-refractivity contribution in [1.29, 1.82) is 0 Å². The molecule has 3 aromatic heterocycles. The van der Waals surface area contributed by atoms with E-state index in [9.17, 15) is 0 Å². The third-order valence-electron chi connectivity index (χ3n) is 6.22. The van der Waals surface area contributed by atoms with E-state index in [0.717, 1.165) is 49.7 Å². The largest absolute Gasteiger partial charge is 0.464 e. The number of hydrogen-bond acceptors (Lipinski definition) is 3. The van der Waals surface area contributed by atoms with Crippen molar-refractivity contribution in [2.45, 2.75) is 33.1 Å². The topological polar surface area (TPSA) is 39.2 Å². The van der Waals surface area contributed by atoms with E-state index in [0.29, 0.717) is 0 Å². The second-order valence-corrected chi connectivity index (χ2v) is 9.40. The second-order valence-electron chi connectivity index (χ2n) is 9.40. The van der Waals surface area contributed by atoms with Crippen molar-refractivity contribution >= 4 is 43.7 Å². The molecule has 0 fully saturated rings. The summed E-state index contributed by atoms with van der Waals surface area (Å²) < 4.78 is 12.1. The summed E-state index contributed by atoms with van der Waals surface area (Å²) in [5, 5.41) is 5.79. The Hall–Kier alpha value is -3.59. The van der Waals surface area contributed by atoms with Crippen LogP contribution in [0.25, 0.3) is 54.9 Å². The standard InChI is InChI=1S/C28H23NO2/c1-16-15-30-24-14-25-22(13-21(16)24)20-9-10-29-26(27(20)31-25)18-11-17-7-5-6-8-19(17)23(12-18)28(2,3)4/h5-15H,1-4H3. The predicted molar refractivity (Wildman–Crippen MR) is 128 cm³/mol. The smallest absolute Gasteiger partial charge is 0.161 e. The van der Waals surface area contributed by atoms with Crippen LogP contribution in [0.4, 0.5) is 0 Å². The summed E-state index contributed by atoms with van der Waals surface area (Å²) in [5.41, 5.74) is 6.89. The molecule has 3 heteroatoms. The first-order chi connectivity index (χ1) is 14.9. The molecule has 3 aromatic carbocycles. The molecule has 0 atom stereocenters. The SMILES string of the molecule is Cc1coc2cc3oc4c(-c5cc(C(C)(C)C)c6ccccc6c5)nccc4c3cc12. The molecule has 0 aliphatic carbocycles. The molecule has 0 unspecified atom stereocenters. The van der Waals surface area contributed by atoms with Crippen molar-refractivity contribution in [3.8, 4) is 11.3 Å². The maximum atomic E-state index is 6.37. The Labute approximate surface area is 180 Å². The number of furan rings is 2. The zero-order chi connectivity index (χ0) is 21.3. The quantitative estimate of drug-likeness (QED) is 0.277. The maximum Gasteiger partial charge on any atom is 0.161 e. The first kappa shape index (κ1) is 18.2. The van der Waals surface area contributed by atoms with Gasteiger partial charge in [0.25, 0.3) is 0 Å². The number of aromatic nitrogens is 1. The number of benzene rings is 3. The zero-order valence-electron chi connectivity index (χ0n) is 18.1. The highest BCUT2D eigenvalue weighted by molar-refractivity contribution is 6.12. The molecule has 0 aliphatic heterocycles. The van der Waals surface area contributed by atoms with Gasteiger partial charge in [-0.05, 0) is 58.5 Å². The van der Waals surface area contributed by atoms with Crippen LogP contribution in [0.1, 0.15) is 31.9 Å². The van der Waals surface area contributed by atoms with Crippen LogP contribution in [0.15, 0.2) is 75.9 Å². The van der Waals surface area contributed by atoms with Crippen LogP contribution in [0.3, 0.4) is 0 Å². The summed E-state index contributed by atoms with van der Waals surface area (Å²) in [6, 6.07) is 19.2. The number of pyridine rings is 1. The molecule has 6 aromatic rings. The van der Waals surface area contributed by atoms with Crippen LogP contribution in [0.5, 0.6) is 0 Å². The minimum atomic E-state index is 0.0133. The average Bonchev–Trinajstić information content (AvgIpc) is 3.30. The van der Waals surface area contributed by atoms with E-state index >= 15 is 0 Å².